The minimum absolute atomic E-state index is 0.0812. The van der Waals surface area contributed by atoms with Crippen molar-refractivity contribution in [3.8, 4) is 0 Å². The van der Waals surface area contributed by atoms with Crippen LogP contribution in [0.25, 0.3) is 0 Å². The Bertz CT molecular complexity index is 128. The van der Waals surface area contributed by atoms with Crippen LogP contribution in [0.4, 0.5) is 0 Å². The largest absolute Gasteiger partial charge is 0.383 e. The smallest absolute Gasteiger partial charge is 0.158 e. The highest BCUT2D eigenvalue weighted by atomic mass is 16.7. The van der Waals surface area contributed by atoms with Gasteiger partial charge in [-0.2, -0.15) is 0 Å². The lowest BCUT2D eigenvalue weighted by Gasteiger charge is -2.20. The third-order valence-electron chi connectivity index (χ3n) is 2.52. The summed E-state index contributed by atoms with van der Waals surface area (Å²) in [6, 6.07) is 0.439. The molecule has 0 amide bonds. The van der Waals surface area contributed by atoms with E-state index in [2.05, 4.69) is 12.2 Å². The first-order valence-corrected chi connectivity index (χ1v) is 6.73. The zero-order valence-electron chi connectivity index (χ0n) is 11.8. The number of nitrogens with one attached hydrogen (secondary N) is 1. The maximum atomic E-state index is 5.49. The van der Waals surface area contributed by atoms with Gasteiger partial charge in [0.15, 0.2) is 6.29 Å². The lowest BCUT2D eigenvalue weighted by atomic mass is 10.2. The molecule has 0 aliphatic rings. The van der Waals surface area contributed by atoms with Crippen LogP contribution in [-0.4, -0.2) is 45.8 Å². The molecule has 0 heterocycles. The fraction of sp³-hybridized carbons (Fsp3) is 1.00. The molecule has 0 aliphatic carbocycles. The van der Waals surface area contributed by atoms with E-state index in [0.717, 1.165) is 26.0 Å². The molecule has 4 nitrogen and oxygen atoms in total. The van der Waals surface area contributed by atoms with E-state index in [1.54, 1.807) is 7.11 Å². The van der Waals surface area contributed by atoms with Crippen molar-refractivity contribution < 1.29 is 14.2 Å². The maximum Gasteiger partial charge on any atom is 0.158 e. The van der Waals surface area contributed by atoms with Crippen molar-refractivity contribution >= 4 is 0 Å². The molecule has 0 fully saturated rings. The molecule has 0 saturated carbocycles. The van der Waals surface area contributed by atoms with E-state index >= 15 is 0 Å². The van der Waals surface area contributed by atoms with Crippen molar-refractivity contribution in [3.63, 3.8) is 0 Å². The highest BCUT2D eigenvalue weighted by Gasteiger charge is 2.10. The number of ether oxygens (including phenoxy) is 3. The van der Waals surface area contributed by atoms with Gasteiger partial charge in [0.2, 0.25) is 0 Å². The van der Waals surface area contributed by atoms with Crippen molar-refractivity contribution in [1.82, 2.24) is 5.32 Å². The summed E-state index contributed by atoms with van der Waals surface area (Å²) in [6.07, 6.45) is 3.11. The van der Waals surface area contributed by atoms with Gasteiger partial charge in [-0.3, -0.25) is 0 Å². The van der Waals surface area contributed by atoms with Crippen LogP contribution in [0.15, 0.2) is 0 Å². The predicted octanol–water partition coefficient (Wildman–Crippen LogP) is 2.18. The topological polar surface area (TPSA) is 39.7 Å². The fourth-order valence-electron chi connectivity index (χ4n) is 1.79. The van der Waals surface area contributed by atoms with Gasteiger partial charge in [0.1, 0.15) is 0 Å². The SMILES string of the molecule is CCCC(COC)NCCC(OCC)OCC. The molecule has 0 aromatic heterocycles. The van der Waals surface area contributed by atoms with E-state index in [-0.39, 0.29) is 6.29 Å². The van der Waals surface area contributed by atoms with E-state index in [9.17, 15) is 0 Å². The summed E-state index contributed by atoms with van der Waals surface area (Å²) in [6.45, 7) is 9.23. The summed E-state index contributed by atoms with van der Waals surface area (Å²) < 4.78 is 16.2. The highest BCUT2D eigenvalue weighted by Crippen LogP contribution is 2.02. The Morgan fingerprint density at radius 3 is 2.12 bits per heavy atom. The molecule has 4 heteroatoms. The van der Waals surface area contributed by atoms with E-state index in [4.69, 9.17) is 14.2 Å². The second-order valence-corrected chi connectivity index (χ2v) is 4.02. The van der Waals surface area contributed by atoms with Crippen molar-refractivity contribution in [1.29, 1.82) is 0 Å². The summed E-state index contributed by atoms with van der Waals surface area (Å²) >= 11 is 0. The third kappa shape index (κ3) is 9.53. The van der Waals surface area contributed by atoms with Crippen molar-refractivity contribution in [2.24, 2.45) is 0 Å². The van der Waals surface area contributed by atoms with Gasteiger partial charge >= 0.3 is 0 Å². The Morgan fingerprint density at radius 1 is 1.00 bits per heavy atom. The zero-order valence-corrected chi connectivity index (χ0v) is 11.8. The molecule has 0 bridgehead atoms. The van der Waals surface area contributed by atoms with Gasteiger partial charge in [-0.05, 0) is 20.3 Å². The Morgan fingerprint density at radius 2 is 1.65 bits per heavy atom. The molecule has 0 aliphatic heterocycles. The molecule has 0 radical (unpaired) electrons. The van der Waals surface area contributed by atoms with Gasteiger partial charge in [0.25, 0.3) is 0 Å². The van der Waals surface area contributed by atoms with Crippen LogP contribution in [0.2, 0.25) is 0 Å². The average molecular weight is 247 g/mol. The van der Waals surface area contributed by atoms with Crippen LogP contribution in [0.5, 0.6) is 0 Å². The van der Waals surface area contributed by atoms with Crippen molar-refractivity contribution in [2.45, 2.75) is 52.4 Å². The summed E-state index contributed by atoms with van der Waals surface area (Å²) in [7, 11) is 1.74. The van der Waals surface area contributed by atoms with Crippen molar-refractivity contribution in [3.05, 3.63) is 0 Å². The summed E-state index contributed by atoms with van der Waals surface area (Å²) in [4.78, 5) is 0. The molecule has 0 saturated heterocycles. The van der Waals surface area contributed by atoms with Gasteiger partial charge in [0.05, 0.1) is 6.61 Å². The van der Waals surface area contributed by atoms with Gasteiger partial charge in [0, 0.05) is 39.3 Å². The standard InChI is InChI=1S/C13H29NO3/c1-5-8-12(11-15-4)14-10-9-13(16-6-2)17-7-3/h12-14H,5-11H2,1-4H3. The molecule has 0 aromatic carbocycles. The molecule has 0 aromatic rings. The highest BCUT2D eigenvalue weighted by molar-refractivity contribution is 4.65. The number of hydrogen-bond acceptors (Lipinski definition) is 4. The third-order valence-corrected chi connectivity index (χ3v) is 2.52. The zero-order chi connectivity index (χ0) is 12.9. The van der Waals surface area contributed by atoms with Gasteiger partial charge in [-0.15, -0.1) is 0 Å². The monoisotopic (exact) mass is 247 g/mol. The van der Waals surface area contributed by atoms with Gasteiger partial charge in [-0.1, -0.05) is 13.3 Å². The first-order valence-electron chi connectivity index (χ1n) is 6.73. The molecule has 1 unspecified atom stereocenters. The van der Waals surface area contributed by atoms with Gasteiger partial charge in [-0.25, -0.2) is 0 Å². The second-order valence-electron chi connectivity index (χ2n) is 4.02. The summed E-state index contributed by atoms with van der Waals surface area (Å²) in [5.41, 5.74) is 0. The van der Waals surface area contributed by atoms with Crippen LogP contribution in [0, 0.1) is 0 Å². The van der Waals surface area contributed by atoms with Gasteiger partial charge < -0.3 is 19.5 Å². The second kappa shape index (κ2) is 12.3. The lowest BCUT2D eigenvalue weighted by Crippen LogP contribution is -2.35. The molecule has 1 atom stereocenters. The lowest BCUT2D eigenvalue weighted by molar-refractivity contribution is -0.138. The minimum atomic E-state index is -0.0812. The molecular formula is C13H29NO3. The summed E-state index contributed by atoms with van der Waals surface area (Å²) in [5.74, 6) is 0. The molecule has 0 spiro atoms. The van der Waals surface area contributed by atoms with E-state index < -0.39 is 0 Å². The number of rotatable bonds is 12. The van der Waals surface area contributed by atoms with E-state index in [0.29, 0.717) is 19.3 Å². The molecule has 17 heavy (non-hydrogen) atoms. The molecule has 104 valence electrons. The fourth-order valence-corrected chi connectivity index (χ4v) is 1.79. The van der Waals surface area contributed by atoms with Crippen molar-refractivity contribution in [2.75, 3.05) is 33.5 Å². The van der Waals surface area contributed by atoms with Crippen LogP contribution >= 0.6 is 0 Å². The van der Waals surface area contributed by atoms with Crippen LogP contribution in [-0.2, 0) is 14.2 Å². The maximum absolute atomic E-state index is 5.49. The first-order chi connectivity index (χ1) is 8.28. The predicted molar refractivity (Wildman–Crippen MR) is 70.2 cm³/mol. The Hall–Kier alpha value is -0.160. The van der Waals surface area contributed by atoms with Crippen LogP contribution in [0.3, 0.4) is 0 Å². The van der Waals surface area contributed by atoms with Crippen LogP contribution < -0.4 is 5.32 Å². The first kappa shape index (κ1) is 16.8. The Kier molecular flexibility index (Phi) is 12.2. The number of methoxy groups -OCH3 is 1. The molecule has 0 rings (SSSR count). The molecular weight excluding hydrogens is 218 g/mol. The Balaban J connectivity index is 3.73. The average Bonchev–Trinajstić information content (AvgIpc) is 2.30. The van der Waals surface area contributed by atoms with E-state index in [1.165, 1.54) is 6.42 Å². The summed E-state index contributed by atoms with van der Waals surface area (Å²) in [5, 5.41) is 3.48. The van der Waals surface area contributed by atoms with Crippen LogP contribution in [0.1, 0.15) is 40.0 Å². The molecule has 1 N–H and O–H groups in total. The van der Waals surface area contributed by atoms with E-state index in [1.807, 2.05) is 13.8 Å². The normalized spacial score (nSPS) is 13.2. The number of hydrogen-bond donors (Lipinski definition) is 1. The quantitative estimate of drug-likeness (QED) is 0.537. The minimum Gasteiger partial charge on any atom is -0.383 e. The Labute approximate surface area is 106 Å².